The molecule has 0 aliphatic heterocycles. The largest absolute Gasteiger partial charge is 0.459 e. The molecule has 0 fully saturated rings. The molecule has 4 heteroatoms. The molecule has 12 heavy (non-hydrogen) atoms. The molecule has 0 saturated heterocycles. The Morgan fingerprint density at radius 2 is 2.58 bits per heavy atom. The lowest BCUT2D eigenvalue weighted by atomic mass is 10.4. The number of nitrogens with one attached hydrogen (secondary N) is 1. The molecule has 0 aromatic carbocycles. The summed E-state index contributed by atoms with van der Waals surface area (Å²) in [6.07, 6.45) is 1.46. The lowest BCUT2D eigenvalue weighted by molar-refractivity contribution is 0.0926. The summed E-state index contributed by atoms with van der Waals surface area (Å²) in [4.78, 5) is 11.1. The lowest BCUT2D eigenvalue weighted by Gasteiger charge is -2.03. The first kappa shape index (κ1) is 9.13. The molecule has 0 spiro atoms. The molecule has 0 aliphatic rings. The minimum Gasteiger partial charge on any atom is -0.459 e. The van der Waals surface area contributed by atoms with E-state index in [0.29, 0.717) is 12.3 Å². The van der Waals surface area contributed by atoms with Crippen LogP contribution in [-0.2, 0) is 0 Å². The van der Waals surface area contributed by atoms with Gasteiger partial charge in [-0.1, -0.05) is 0 Å². The summed E-state index contributed by atoms with van der Waals surface area (Å²) in [5, 5.41) is 2.55. The van der Waals surface area contributed by atoms with E-state index >= 15 is 0 Å². The van der Waals surface area contributed by atoms with Crippen molar-refractivity contribution in [1.82, 2.24) is 5.32 Å². The van der Waals surface area contributed by atoms with Crippen LogP contribution < -0.4 is 5.32 Å². The Kier molecular flexibility index (Phi) is 3.17. The summed E-state index contributed by atoms with van der Waals surface area (Å²) < 4.78 is 4.87. The molecule has 1 heterocycles. The van der Waals surface area contributed by atoms with Gasteiger partial charge in [-0.3, -0.25) is 4.79 Å². The monoisotopic (exact) mass is 187 g/mol. The molecular formula is C8H10ClNO2. The zero-order valence-electron chi connectivity index (χ0n) is 6.71. The van der Waals surface area contributed by atoms with Crippen LogP contribution in [0.15, 0.2) is 22.8 Å². The van der Waals surface area contributed by atoms with Crippen LogP contribution in [-0.4, -0.2) is 17.8 Å². The van der Waals surface area contributed by atoms with Gasteiger partial charge < -0.3 is 9.73 Å². The molecule has 0 bridgehead atoms. The lowest BCUT2D eigenvalue weighted by Crippen LogP contribution is -2.28. The molecule has 1 amide bonds. The molecule has 1 N–H and O–H groups in total. The van der Waals surface area contributed by atoms with Crippen molar-refractivity contribution >= 4 is 17.5 Å². The van der Waals surface area contributed by atoms with E-state index in [-0.39, 0.29) is 11.3 Å². The van der Waals surface area contributed by atoms with Gasteiger partial charge in [-0.2, -0.15) is 0 Å². The maximum absolute atomic E-state index is 11.1. The fourth-order valence-electron chi connectivity index (χ4n) is 0.728. The van der Waals surface area contributed by atoms with Crippen molar-refractivity contribution in [2.24, 2.45) is 0 Å². The highest BCUT2D eigenvalue weighted by Gasteiger charge is 2.07. The quantitative estimate of drug-likeness (QED) is 0.731. The second kappa shape index (κ2) is 4.16. The molecule has 0 aliphatic carbocycles. The van der Waals surface area contributed by atoms with Gasteiger partial charge >= 0.3 is 0 Å². The minimum atomic E-state index is -0.229. The number of amides is 1. The first-order valence-electron chi connectivity index (χ1n) is 3.66. The van der Waals surface area contributed by atoms with E-state index in [1.807, 2.05) is 6.92 Å². The van der Waals surface area contributed by atoms with Crippen LogP contribution in [0.2, 0.25) is 0 Å². The Hall–Kier alpha value is -0.960. The van der Waals surface area contributed by atoms with Crippen molar-refractivity contribution in [3.63, 3.8) is 0 Å². The molecule has 0 radical (unpaired) electrons. The van der Waals surface area contributed by atoms with Crippen LogP contribution in [0.5, 0.6) is 0 Å². The summed E-state index contributed by atoms with van der Waals surface area (Å²) >= 11 is 5.64. The van der Waals surface area contributed by atoms with E-state index in [4.69, 9.17) is 16.0 Å². The number of hydrogen-bond donors (Lipinski definition) is 1. The van der Waals surface area contributed by atoms with E-state index in [1.165, 1.54) is 6.26 Å². The SMILES string of the molecule is CC(Cl)CNC(=O)c1ccco1. The normalized spacial score (nSPS) is 12.5. The molecule has 1 aromatic rings. The Morgan fingerprint density at radius 3 is 3.08 bits per heavy atom. The molecule has 1 atom stereocenters. The van der Waals surface area contributed by atoms with Crippen molar-refractivity contribution in [3.05, 3.63) is 24.2 Å². The summed E-state index contributed by atoms with van der Waals surface area (Å²) in [6, 6.07) is 3.27. The number of carbonyl (C=O) groups is 1. The highest BCUT2D eigenvalue weighted by molar-refractivity contribution is 6.20. The fourth-order valence-corrected chi connectivity index (χ4v) is 0.805. The molecule has 1 aromatic heterocycles. The van der Waals surface area contributed by atoms with Gasteiger partial charge in [0.25, 0.3) is 5.91 Å². The Balaban J connectivity index is 2.40. The van der Waals surface area contributed by atoms with Crippen molar-refractivity contribution in [3.8, 4) is 0 Å². The molecule has 66 valence electrons. The van der Waals surface area contributed by atoms with Crippen molar-refractivity contribution in [1.29, 1.82) is 0 Å². The summed E-state index contributed by atoms with van der Waals surface area (Å²) in [6.45, 7) is 2.26. The van der Waals surface area contributed by atoms with E-state index in [9.17, 15) is 4.79 Å². The second-order valence-corrected chi connectivity index (χ2v) is 3.21. The van der Waals surface area contributed by atoms with Gasteiger partial charge in [0, 0.05) is 11.9 Å². The second-order valence-electron chi connectivity index (χ2n) is 2.47. The molecule has 0 saturated carbocycles. The number of hydrogen-bond acceptors (Lipinski definition) is 2. The number of halogens is 1. The van der Waals surface area contributed by atoms with E-state index in [2.05, 4.69) is 5.32 Å². The first-order chi connectivity index (χ1) is 5.70. The molecular weight excluding hydrogens is 178 g/mol. The number of rotatable bonds is 3. The van der Waals surface area contributed by atoms with Gasteiger partial charge in [-0.15, -0.1) is 11.6 Å². The van der Waals surface area contributed by atoms with E-state index in [0.717, 1.165) is 0 Å². The van der Waals surface area contributed by atoms with Crippen LogP contribution in [0.4, 0.5) is 0 Å². The summed E-state index contributed by atoms with van der Waals surface area (Å²) in [5.74, 6) is 0.0832. The van der Waals surface area contributed by atoms with Crippen LogP contribution in [0.3, 0.4) is 0 Å². The highest BCUT2D eigenvalue weighted by atomic mass is 35.5. The van der Waals surface area contributed by atoms with Gasteiger partial charge in [0.05, 0.1) is 6.26 Å². The zero-order valence-corrected chi connectivity index (χ0v) is 7.47. The van der Waals surface area contributed by atoms with Crippen LogP contribution in [0.1, 0.15) is 17.5 Å². The van der Waals surface area contributed by atoms with E-state index in [1.54, 1.807) is 12.1 Å². The van der Waals surface area contributed by atoms with Crippen molar-refractivity contribution in [2.75, 3.05) is 6.54 Å². The fraction of sp³-hybridized carbons (Fsp3) is 0.375. The first-order valence-corrected chi connectivity index (χ1v) is 4.09. The number of carbonyl (C=O) groups excluding carboxylic acids is 1. The van der Waals surface area contributed by atoms with Gasteiger partial charge in [0.1, 0.15) is 0 Å². The summed E-state index contributed by atoms with van der Waals surface area (Å²) in [7, 11) is 0. The number of furan rings is 1. The third kappa shape index (κ3) is 2.58. The van der Waals surface area contributed by atoms with E-state index < -0.39 is 0 Å². The maximum Gasteiger partial charge on any atom is 0.287 e. The predicted octanol–water partition coefficient (Wildman–Crippen LogP) is 1.64. The average molecular weight is 188 g/mol. The zero-order chi connectivity index (χ0) is 8.97. The third-order valence-corrected chi connectivity index (χ3v) is 1.44. The van der Waals surface area contributed by atoms with Gasteiger partial charge in [0.2, 0.25) is 0 Å². The van der Waals surface area contributed by atoms with Crippen LogP contribution in [0, 0.1) is 0 Å². The van der Waals surface area contributed by atoms with Gasteiger partial charge in [-0.05, 0) is 19.1 Å². The molecule has 3 nitrogen and oxygen atoms in total. The third-order valence-electron chi connectivity index (χ3n) is 1.29. The molecule has 1 unspecified atom stereocenters. The van der Waals surface area contributed by atoms with Crippen LogP contribution >= 0.6 is 11.6 Å². The molecule has 1 rings (SSSR count). The topological polar surface area (TPSA) is 42.2 Å². The van der Waals surface area contributed by atoms with Gasteiger partial charge in [-0.25, -0.2) is 0 Å². The minimum absolute atomic E-state index is 0.0658. The van der Waals surface area contributed by atoms with Gasteiger partial charge in [0.15, 0.2) is 5.76 Å². The van der Waals surface area contributed by atoms with Crippen molar-refractivity contribution < 1.29 is 9.21 Å². The Morgan fingerprint density at radius 1 is 1.83 bits per heavy atom. The Labute approximate surface area is 75.7 Å². The number of alkyl halides is 1. The smallest absolute Gasteiger partial charge is 0.287 e. The maximum atomic E-state index is 11.1. The Bertz CT molecular complexity index is 244. The predicted molar refractivity (Wildman–Crippen MR) is 46.4 cm³/mol. The summed E-state index contributed by atoms with van der Waals surface area (Å²) in [5.41, 5.74) is 0. The van der Waals surface area contributed by atoms with Crippen molar-refractivity contribution in [2.45, 2.75) is 12.3 Å². The standard InChI is InChI=1S/C8H10ClNO2/c1-6(9)5-10-8(11)7-3-2-4-12-7/h2-4,6H,5H2,1H3,(H,10,11). The average Bonchev–Trinajstić information content (AvgIpc) is 2.51. The van der Waals surface area contributed by atoms with Crippen LogP contribution in [0.25, 0.3) is 0 Å². The highest BCUT2D eigenvalue weighted by Crippen LogP contribution is 1.99.